The number of halogens is 1. The standard InChI is InChI=1S/C10H11BrO/c1-7-3-4-8(5-9(7)11)10(2)6-12-10/h3-5H,6H2,1-2H3. The van der Waals surface area contributed by atoms with E-state index in [4.69, 9.17) is 4.74 Å². The summed E-state index contributed by atoms with van der Waals surface area (Å²) in [6.45, 7) is 5.05. The maximum atomic E-state index is 5.36. The van der Waals surface area contributed by atoms with Crippen LogP contribution >= 0.6 is 15.9 Å². The van der Waals surface area contributed by atoms with Gasteiger partial charge in [-0.05, 0) is 31.0 Å². The van der Waals surface area contributed by atoms with Gasteiger partial charge in [0.15, 0.2) is 0 Å². The number of hydrogen-bond acceptors (Lipinski definition) is 1. The molecule has 1 nitrogen and oxygen atoms in total. The third-order valence-corrected chi connectivity index (χ3v) is 3.21. The maximum Gasteiger partial charge on any atom is 0.114 e. The van der Waals surface area contributed by atoms with E-state index in [0.717, 1.165) is 11.1 Å². The number of hydrogen-bond donors (Lipinski definition) is 0. The van der Waals surface area contributed by atoms with Crippen LogP contribution in [0.2, 0.25) is 0 Å². The Morgan fingerprint density at radius 2 is 2.17 bits per heavy atom. The van der Waals surface area contributed by atoms with Gasteiger partial charge in [0.1, 0.15) is 5.60 Å². The smallest absolute Gasteiger partial charge is 0.114 e. The molecule has 1 unspecified atom stereocenters. The molecular formula is C10H11BrO. The lowest BCUT2D eigenvalue weighted by atomic mass is 10.0. The van der Waals surface area contributed by atoms with Gasteiger partial charge in [-0.15, -0.1) is 0 Å². The minimum absolute atomic E-state index is 0.00375. The number of epoxide rings is 1. The number of aryl methyl sites for hydroxylation is 1. The summed E-state index contributed by atoms with van der Waals surface area (Å²) >= 11 is 3.51. The molecule has 64 valence electrons. The highest BCUT2D eigenvalue weighted by Gasteiger charge is 2.41. The van der Waals surface area contributed by atoms with Crippen molar-refractivity contribution in [2.24, 2.45) is 0 Å². The molecule has 0 amide bonds. The largest absolute Gasteiger partial charge is 0.365 e. The molecule has 1 heterocycles. The average molecular weight is 227 g/mol. The van der Waals surface area contributed by atoms with Crippen molar-refractivity contribution in [2.75, 3.05) is 6.61 Å². The fraction of sp³-hybridized carbons (Fsp3) is 0.400. The van der Waals surface area contributed by atoms with E-state index >= 15 is 0 Å². The monoisotopic (exact) mass is 226 g/mol. The van der Waals surface area contributed by atoms with E-state index in [1.807, 2.05) is 0 Å². The topological polar surface area (TPSA) is 12.5 Å². The van der Waals surface area contributed by atoms with Gasteiger partial charge in [-0.3, -0.25) is 0 Å². The Labute approximate surface area is 80.9 Å². The van der Waals surface area contributed by atoms with E-state index in [2.05, 4.69) is 48.0 Å². The molecular weight excluding hydrogens is 216 g/mol. The van der Waals surface area contributed by atoms with E-state index in [1.165, 1.54) is 11.1 Å². The first kappa shape index (κ1) is 8.27. The molecule has 1 fully saturated rings. The zero-order chi connectivity index (χ0) is 8.77. The first-order chi connectivity index (χ1) is 5.62. The van der Waals surface area contributed by atoms with Crippen molar-refractivity contribution < 1.29 is 4.74 Å². The molecule has 1 aliphatic heterocycles. The first-order valence-corrected chi connectivity index (χ1v) is 4.82. The highest BCUT2D eigenvalue weighted by Crippen LogP contribution is 2.39. The van der Waals surface area contributed by atoms with E-state index in [1.54, 1.807) is 0 Å². The van der Waals surface area contributed by atoms with Crippen LogP contribution in [-0.2, 0) is 10.3 Å². The van der Waals surface area contributed by atoms with Crippen LogP contribution in [0.15, 0.2) is 22.7 Å². The lowest BCUT2D eigenvalue weighted by Crippen LogP contribution is -2.01. The summed E-state index contributed by atoms with van der Waals surface area (Å²) in [6, 6.07) is 6.39. The van der Waals surface area contributed by atoms with E-state index < -0.39 is 0 Å². The van der Waals surface area contributed by atoms with Gasteiger partial charge in [0, 0.05) is 4.47 Å². The van der Waals surface area contributed by atoms with Crippen LogP contribution in [0, 0.1) is 6.92 Å². The molecule has 1 aromatic rings. The second-order valence-electron chi connectivity index (χ2n) is 3.48. The number of rotatable bonds is 1. The average Bonchev–Trinajstić information content (AvgIpc) is 2.75. The minimum atomic E-state index is -0.00375. The molecule has 0 aromatic heterocycles. The quantitative estimate of drug-likeness (QED) is 0.672. The fourth-order valence-corrected chi connectivity index (χ4v) is 1.58. The highest BCUT2D eigenvalue weighted by molar-refractivity contribution is 9.10. The zero-order valence-electron chi connectivity index (χ0n) is 7.23. The van der Waals surface area contributed by atoms with Gasteiger partial charge >= 0.3 is 0 Å². The molecule has 1 aromatic carbocycles. The molecule has 1 atom stereocenters. The lowest BCUT2D eigenvalue weighted by Gasteiger charge is -2.06. The van der Waals surface area contributed by atoms with Gasteiger partial charge in [0.05, 0.1) is 6.61 Å². The normalized spacial score (nSPS) is 27.2. The summed E-state index contributed by atoms with van der Waals surface area (Å²) in [6.07, 6.45) is 0. The zero-order valence-corrected chi connectivity index (χ0v) is 8.81. The third-order valence-electron chi connectivity index (χ3n) is 2.36. The molecule has 0 radical (unpaired) electrons. The molecule has 0 aliphatic carbocycles. The van der Waals surface area contributed by atoms with Crippen LogP contribution in [0.4, 0.5) is 0 Å². The summed E-state index contributed by atoms with van der Waals surface area (Å²) < 4.78 is 6.52. The second-order valence-corrected chi connectivity index (χ2v) is 4.34. The Balaban J connectivity index is 2.41. The first-order valence-electron chi connectivity index (χ1n) is 4.02. The molecule has 0 bridgehead atoms. The van der Waals surface area contributed by atoms with Crippen molar-refractivity contribution in [3.8, 4) is 0 Å². The number of benzene rings is 1. The molecule has 0 saturated carbocycles. The summed E-state index contributed by atoms with van der Waals surface area (Å²) in [5.41, 5.74) is 2.53. The summed E-state index contributed by atoms with van der Waals surface area (Å²) in [5.74, 6) is 0. The molecule has 0 spiro atoms. The third kappa shape index (κ3) is 1.29. The Morgan fingerprint density at radius 3 is 2.67 bits per heavy atom. The maximum absolute atomic E-state index is 5.36. The summed E-state index contributed by atoms with van der Waals surface area (Å²) in [5, 5.41) is 0. The molecule has 1 saturated heterocycles. The van der Waals surface area contributed by atoms with Crippen LogP contribution in [0.3, 0.4) is 0 Å². The van der Waals surface area contributed by atoms with Crippen molar-refractivity contribution in [3.63, 3.8) is 0 Å². The van der Waals surface area contributed by atoms with Gasteiger partial charge in [-0.1, -0.05) is 28.1 Å². The predicted octanol–water partition coefficient (Wildman–Crippen LogP) is 3.00. The Hall–Kier alpha value is -0.340. The molecule has 12 heavy (non-hydrogen) atoms. The van der Waals surface area contributed by atoms with Crippen LogP contribution in [0.25, 0.3) is 0 Å². The lowest BCUT2D eigenvalue weighted by molar-refractivity contribution is 0.329. The van der Waals surface area contributed by atoms with Crippen LogP contribution in [0.1, 0.15) is 18.1 Å². The van der Waals surface area contributed by atoms with Crippen molar-refractivity contribution >= 4 is 15.9 Å². The van der Waals surface area contributed by atoms with Gasteiger partial charge in [0.25, 0.3) is 0 Å². The van der Waals surface area contributed by atoms with Gasteiger partial charge in [-0.2, -0.15) is 0 Å². The van der Waals surface area contributed by atoms with Crippen molar-refractivity contribution in [1.82, 2.24) is 0 Å². The molecule has 0 N–H and O–H groups in total. The van der Waals surface area contributed by atoms with E-state index in [9.17, 15) is 0 Å². The molecule has 2 rings (SSSR count). The highest BCUT2D eigenvalue weighted by atomic mass is 79.9. The predicted molar refractivity (Wildman–Crippen MR) is 52.2 cm³/mol. The van der Waals surface area contributed by atoms with Crippen molar-refractivity contribution in [3.05, 3.63) is 33.8 Å². The summed E-state index contributed by atoms with van der Waals surface area (Å²) in [7, 11) is 0. The van der Waals surface area contributed by atoms with E-state index in [-0.39, 0.29) is 5.60 Å². The second kappa shape index (κ2) is 2.57. The Bertz CT molecular complexity index is 316. The molecule has 2 heteroatoms. The van der Waals surface area contributed by atoms with Gasteiger partial charge < -0.3 is 4.74 Å². The van der Waals surface area contributed by atoms with Gasteiger partial charge in [-0.25, -0.2) is 0 Å². The minimum Gasteiger partial charge on any atom is -0.365 e. The van der Waals surface area contributed by atoms with Crippen LogP contribution in [0.5, 0.6) is 0 Å². The number of ether oxygens (including phenoxy) is 1. The van der Waals surface area contributed by atoms with E-state index in [0.29, 0.717) is 0 Å². The van der Waals surface area contributed by atoms with Crippen molar-refractivity contribution in [2.45, 2.75) is 19.4 Å². The Kier molecular flexibility index (Phi) is 1.77. The van der Waals surface area contributed by atoms with Crippen molar-refractivity contribution in [1.29, 1.82) is 0 Å². The molecule has 1 aliphatic rings. The van der Waals surface area contributed by atoms with Crippen LogP contribution in [-0.4, -0.2) is 6.61 Å². The summed E-state index contributed by atoms with van der Waals surface area (Å²) in [4.78, 5) is 0. The SMILES string of the molecule is Cc1ccc(C2(C)CO2)cc1Br. The van der Waals surface area contributed by atoms with Gasteiger partial charge in [0.2, 0.25) is 0 Å². The fourth-order valence-electron chi connectivity index (χ4n) is 1.20. The van der Waals surface area contributed by atoms with Crippen LogP contribution < -0.4 is 0 Å². The Morgan fingerprint density at radius 1 is 1.50 bits per heavy atom.